The number of hydrogen-bond acceptors (Lipinski definition) is 3. The van der Waals surface area contributed by atoms with Gasteiger partial charge in [-0.1, -0.05) is 36.4 Å². The van der Waals surface area contributed by atoms with E-state index in [-0.39, 0.29) is 5.31 Å². The standard InChI is InChI=1S/C9H18BIN2O/c1-9(2,10)7(14)6-13-4-3-12-5-8(13)11/h8,12H,3-6,10H2,1-2H3. The number of ketones is 1. The van der Waals surface area contributed by atoms with E-state index in [2.05, 4.69) is 32.8 Å². The minimum Gasteiger partial charge on any atom is -0.313 e. The lowest BCUT2D eigenvalue weighted by atomic mass is 9.69. The van der Waals surface area contributed by atoms with Crippen molar-refractivity contribution in [2.75, 3.05) is 26.2 Å². The number of carbonyl (C=O) groups excluding carboxylic acids is 1. The Balaban J connectivity index is 2.46. The van der Waals surface area contributed by atoms with E-state index in [1.807, 2.05) is 21.7 Å². The molecule has 0 aromatic heterocycles. The van der Waals surface area contributed by atoms with Gasteiger partial charge in [0.2, 0.25) is 0 Å². The van der Waals surface area contributed by atoms with Crippen LogP contribution in [0.5, 0.6) is 0 Å². The molecule has 1 rings (SSSR count). The van der Waals surface area contributed by atoms with Crippen molar-refractivity contribution in [2.24, 2.45) is 0 Å². The number of piperazine rings is 1. The van der Waals surface area contributed by atoms with Crippen molar-refractivity contribution < 1.29 is 4.79 Å². The number of hydrogen-bond donors (Lipinski definition) is 1. The largest absolute Gasteiger partial charge is 0.313 e. The third kappa shape index (κ3) is 3.51. The molecule has 3 nitrogen and oxygen atoms in total. The molecule has 0 radical (unpaired) electrons. The topological polar surface area (TPSA) is 32.3 Å². The van der Waals surface area contributed by atoms with Crippen LogP contribution in [0, 0.1) is 0 Å². The van der Waals surface area contributed by atoms with E-state index in [1.165, 1.54) is 0 Å². The van der Waals surface area contributed by atoms with Crippen molar-refractivity contribution in [3.8, 4) is 0 Å². The first kappa shape index (κ1) is 12.5. The highest BCUT2D eigenvalue weighted by Gasteiger charge is 2.27. The molecule has 1 saturated heterocycles. The van der Waals surface area contributed by atoms with Gasteiger partial charge >= 0.3 is 0 Å². The first-order chi connectivity index (χ1) is 6.41. The Kier molecular flexibility index (Phi) is 4.40. The molecule has 0 aliphatic carbocycles. The average Bonchev–Trinajstić information content (AvgIpc) is 2.07. The fraction of sp³-hybridized carbons (Fsp3) is 0.889. The van der Waals surface area contributed by atoms with Crippen LogP contribution >= 0.6 is 22.6 Å². The quantitative estimate of drug-likeness (QED) is 0.346. The highest BCUT2D eigenvalue weighted by Crippen LogP contribution is 2.21. The second kappa shape index (κ2) is 4.94. The van der Waals surface area contributed by atoms with Crippen molar-refractivity contribution in [3.63, 3.8) is 0 Å². The molecule has 0 aromatic rings. The summed E-state index contributed by atoms with van der Waals surface area (Å²) in [5.74, 6) is 0.334. The van der Waals surface area contributed by atoms with Crippen molar-refractivity contribution in [1.29, 1.82) is 0 Å². The van der Waals surface area contributed by atoms with Crippen LogP contribution in [-0.2, 0) is 4.79 Å². The van der Waals surface area contributed by atoms with Crippen molar-refractivity contribution in [3.05, 3.63) is 0 Å². The van der Waals surface area contributed by atoms with Crippen LogP contribution in [0.4, 0.5) is 0 Å². The lowest BCUT2D eigenvalue weighted by Crippen LogP contribution is -2.50. The second-order valence-corrected chi connectivity index (χ2v) is 6.22. The Labute approximate surface area is 101 Å². The summed E-state index contributed by atoms with van der Waals surface area (Å²) < 4.78 is 0.452. The maximum Gasteiger partial charge on any atom is 0.144 e. The molecule has 1 heterocycles. The summed E-state index contributed by atoms with van der Waals surface area (Å²) in [6.45, 7) is 7.53. The zero-order chi connectivity index (χ0) is 10.8. The van der Waals surface area contributed by atoms with Crippen molar-refractivity contribution in [2.45, 2.75) is 23.2 Å². The molecule has 0 bridgehead atoms. The maximum atomic E-state index is 11.8. The van der Waals surface area contributed by atoms with Gasteiger partial charge in [0.1, 0.15) is 13.6 Å². The number of Topliss-reactive ketones (excluding diaryl/α,β-unsaturated/α-hetero) is 1. The molecule has 14 heavy (non-hydrogen) atoms. The van der Waals surface area contributed by atoms with E-state index < -0.39 is 0 Å². The predicted molar refractivity (Wildman–Crippen MR) is 69.8 cm³/mol. The molecule has 1 unspecified atom stereocenters. The third-order valence-corrected chi connectivity index (χ3v) is 3.70. The lowest BCUT2D eigenvalue weighted by molar-refractivity contribution is -0.122. The first-order valence-electron chi connectivity index (χ1n) is 5.03. The lowest BCUT2D eigenvalue weighted by Gasteiger charge is -2.33. The normalized spacial score (nSPS) is 24.9. The van der Waals surface area contributed by atoms with E-state index in [9.17, 15) is 4.79 Å². The molecule has 1 N–H and O–H groups in total. The summed E-state index contributed by atoms with van der Waals surface area (Å²) in [7, 11) is 1.99. The van der Waals surface area contributed by atoms with E-state index in [0.29, 0.717) is 16.4 Å². The Morgan fingerprint density at radius 1 is 1.71 bits per heavy atom. The monoisotopic (exact) mass is 308 g/mol. The summed E-state index contributed by atoms with van der Waals surface area (Å²) in [6, 6.07) is 0. The molecule has 1 aliphatic heterocycles. The number of alkyl halides is 1. The molecule has 1 fully saturated rings. The first-order valence-corrected chi connectivity index (χ1v) is 6.28. The van der Waals surface area contributed by atoms with Gasteiger partial charge < -0.3 is 5.32 Å². The Morgan fingerprint density at radius 3 is 2.86 bits per heavy atom. The predicted octanol–water partition coefficient (Wildman–Crippen LogP) is 0.0534. The van der Waals surface area contributed by atoms with E-state index in [0.717, 1.165) is 19.6 Å². The van der Waals surface area contributed by atoms with Gasteiger partial charge in [0, 0.05) is 19.6 Å². The number of carbonyl (C=O) groups is 1. The van der Waals surface area contributed by atoms with Crippen LogP contribution in [0.15, 0.2) is 0 Å². The molecule has 0 aromatic carbocycles. The molecule has 0 saturated carbocycles. The van der Waals surface area contributed by atoms with Crippen LogP contribution in [0.25, 0.3) is 0 Å². The molecule has 5 heteroatoms. The van der Waals surface area contributed by atoms with E-state index >= 15 is 0 Å². The molecule has 1 aliphatic rings. The van der Waals surface area contributed by atoms with Gasteiger partial charge in [-0.25, -0.2) is 0 Å². The summed E-state index contributed by atoms with van der Waals surface area (Å²) in [5, 5.41) is 3.11. The van der Waals surface area contributed by atoms with E-state index in [1.54, 1.807) is 0 Å². The molecule has 80 valence electrons. The van der Waals surface area contributed by atoms with Gasteiger partial charge in [-0.2, -0.15) is 0 Å². The van der Waals surface area contributed by atoms with Gasteiger partial charge in [0.15, 0.2) is 0 Å². The minimum absolute atomic E-state index is 0.207. The number of rotatable bonds is 3. The second-order valence-electron chi connectivity index (χ2n) is 4.78. The highest BCUT2D eigenvalue weighted by molar-refractivity contribution is 14.1. The van der Waals surface area contributed by atoms with Crippen LogP contribution < -0.4 is 5.32 Å². The minimum atomic E-state index is -0.207. The zero-order valence-corrected chi connectivity index (χ0v) is 11.3. The van der Waals surface area contributed by atoms with E-state index in [4.69, 9.17) is 0 Å². The molecule has 0 amide bonds. The van der Waals surface area contributed by atoms with Crippen molar-refractivity contribution in [1.82, 2.24) is 10.2 Å². The molecule has 0 spiro atoms. The number of nitrogens with one attached hydrogen (secondary N) is 1. The maximum absolute atomic E-state index is 11.8. The number of halogens is 1. The molecular formula is C9H18BIN2O. The molecule has 1 atom stereocenters. The zero-order valence-electron chi connectivity index (χ0n) is 9.14. The molecular weight excluding hydrogens is 290 g/mol. The summed E-state index contributed by atoms with van der Waals surface area (Å²) in [4.78, 5) is 14.1. The van der Waals surface area contributed by atoms with Gasteiger partial charge in [-0.05, 0) is 5.31 Å². The van der Waals surface area contributed by atoms with Crippen LogP contribution in [0.1, 0.15) is 13.8 Å². The summed E-state index contributed by atoms with van der Waals surface area (Å²) >= 11 is 2.39. The Bertz CT molecular complexity index is 217. The summed E-state index contributed by atoms with van der Waals surface area (Å²) in [5.41, 5.74) is 0. The average molecular weight is 308 g/mol. The van der Waals surface area contributed by atoms with Gasteiger partial charge in [0.25, 0.3) is 0 Å². The van der Waals surface area contributed by atoms with Crippen LogP contribution in [0.2, 0.25) is 5.31 Å². The highest BCUT2D eigenvalue weighted by atomic mass is 127. The van der Waals surface area contributed by atoms with Gasteiger partial charge in [0.05, 0.1) is 10.6 Å². The fourth-order valence-corrected chi connectivity index (χ4v) is 2.10. The van der Waals surface area contributed by atoms with Gasteiger partial charge in [-0.15, -0.1) is 0 Å². The third-order valence-electron chi connectivity index (χ3n) is 2.47. The van der Waals surface area contributed by atoms with Gasteiger partial charge in [-0.3, -0.25) is 9.69 Å². The Morgan fingerprint density at radius 2 is 2.36 bits per heavy atom. The smallest absolute Gasteiger partial charge is 0.144 e. The fourth-order valence-electron chi connectivity index (χ4n) is 1.31. The Hall–Kier alpha value is 0.385. The van der Waals surface area contributed by atoms with Crippen LogP contribution in [0.3, 0.4) is 0 Å². The SMILES string of the molecule is BC(C)(C)C(=O)CN1CCNCC1I. The summed E-state index contributed by atoms with van der Waals surface area (Å²) in [6.07, 6.45) is 0. The van der Waals surface area contributed by atoms with Crippen molar-refractivity contribution >= 4 is 36.2 Å². The van der Waals surface area contributed by atoms with Crippen LogP contribution in [-0.4, -0.2) is 48.8 Å². The number of nitrogens with zero attached hydrogens (tertiary/aromatic N) is 1.